The van der Waals surface area contributed by atoms with Gasteiger partial charge < -0.3 is 13.7 Å². The summed E-state index contributed by atoms with van der Waals surface area (Å²) in [4.78, 5) is 0. The molecule has 0 aliphatic rings. The topological polar surface area (TPSA) is 62.4 Å². The Morgan fingerprint density at radius 1 is 0.377 bits per heavy atom. The molecule has 244 valence electrons. The van der Waals surface area contributed by atoms with Crippen LogP contribution in [0.5, 0.6) is 0 Å². The van der Waals surface area contributed by atoms with E-state index in [0.29, 0.717) is 16.8 Å². The van der Waals surface area contributed by atoms with E-state index >= 15 is 0 Å². The van der Waals surface area contributed by atoms with Crippen molar-refractivity contribution < 1.29 is 0 Å². The standard InChI is InChI=1S/C48H27N5/c49-28-31-22-25-46(48(39(31)29-50)53-42-19-9-5-15-36(42)37-16-6-10-20-43(37)53)52-44-26-23-32(27-38(44)47-33-12-2-1-11-30(33)21-24-45(47)52)51-40-17-7-3-13-34(40)35-14-4-8-18-41(35)51/h1-27H. The van der Waals surface area contributed by atoms with Crippen LogP contribution in [0.4, 0.5) is 0 Å². The molecule has 3 heterocycles. The van der Waals surface area contributed by atoms with E-state index in [-0.39, 0.29) is 0 Å². The van der Waals surface area contributed by atoms with Crippen molar-refractivity contribution in [1.82, 2.24) is 13.7 Å². The molecule has 0 bridgehead atoms. The summed E-state index contributed by atoms with van der Waals surface area (Å²) >= 11 is 0. The highest BCUT2D eigenvalue weighted by atomic mass is 15.1. The predicted molar refractivity (Wildman–Crippen MR) is 216 cm³/mol. The molecule has 8 aromatic carbocycles. The van der Waals surface area contributed by atoms with Gasteiger partial charge in [-0.05, 0) is 71.4 Å². The van der Waals surface area contributed by atoms with Gasteiger partial charge in [0.2, 0.25) is 0 Å². The molecule has 0 aliphatic carbocycles. The summed E-state index contributed by atoms with van der Waals surface area (Å²) in [6.45, 7) is 0. The largest absolute Gasteiger partial charge is 0.309 e. The van der Waals surface area contributed by atoms with Crippen LogP contribution in [0.1, 0.15) is 11.1 Å². The number of benzene rings is 8. The lowest BCUT2D eigenvalue weighted by Gasteiger charge is -2.19. The Kier molecular flexibility index (Phi) is 6.02. The van der Waals surface area contributed by atoms with Gasteiger partial charge in [-0.3, -0.25) is 0 Å². The number of hydrogen-bond acceptors (Lipinski definition) is 2. The van der Waals surface area contributed by atoms with Gasteiger partial charge >= 0.3 is 0 Å². The van der Waals surface area contributed by atoms with Crippen molar-refractivity contribution in [3.05, 3.63) is 175 Å². The highest BCUT2D eigenvalue weighted by molar-refractivity contribution is 6.22. The van der Waals surface area contributed by atoms with Crippen LogP contribution in [-0.2, 0) is 0 Å². The van der Waals surface area contributed by atoms with Crippen molar-refractivity contribution in [3.8, 4) is 29.2 Å². The lowest BCUT2D eigenvalue weighted by molar-refractivity contribution is 1.08. The summed E-state index contributed by atoms with van der Waals surface area (Å²) in [7, 11) is 0. The molecular weight excluding hydrogens is 647 g/mol. The Bertz CT molecular complexity index is 3320. The zero-order valence-corrected chi connectivity index (χ0v) is 28.3. The molecule has 3 aromatic heterocycles. The normalized spacial score (nSPS) is 11.7. The fraction of sp³-hybridized carbons (Fsp3) is 0. The molecule has 5 heteroatoms. The predicted octanol–water partition coefficient (Wildman–Crippen LogP) is 11.9. The van der Waals surface area contributed by atoms with Crippen molar-refractivity contribution in [1.29, 1.82) is 10.5 Å². The maximum Gasteiger partial charge on any atom is 0.103 e. The number of fused-ring (bicyclic) bond motifs is 11. The summed E-state index contributed by atoms with van der Waals surface area (Å²) in [5, 5.41) is 30.3. The van der Waals surface area contributed by atoms with Crippen LogP contribution in [0, 0.1) is 22.7 Å². The summed E-state index contributed by atoms with van der Waals surface area (Å²) in [5.74, 6) is 0. The smallest absolute Gasteiger partial charge is 0.103 e. The zero-order valence-electron chi connectivity index (χ0n) is 28.3. The average Bonchev–Trinajstić information content (AvgIpc) is 3.86. The molecular formula is C48H27N5. The van der Waals surface area contributed by atoms with Gasteiger partial charge in [-0.2, -0.15) is 10.5 Å². The fourth-order valence-corrected chi connectivity index (χ4v) is 8.73. The SMILES string of the molecule is N#Cc1ccc(-n2c3ccc(-n4c5ccccc5c5ccccc54)cc3c3c4ccccc4ccc32)c(-n2c3ccccc3c3ccccc32)c1C#N. The first-order chi connectivity index (χ1) is 26.2. The molecule has 0 aliphatic heterocycles. The monoisotopic (exact) mass is 673 g/mol. The van der Waals surface area contributed by atoms with Gasteiger partial charge in [0.25, 0.3) is 0 Å². The van der Waals surface area contributed by atoms with Crippen molar-refractivity contribution in [2.45, 2.75) is 0 Å². The molecule has 5 nitrogen and oxygen atoms in total. The highest BCUT2D eigenvalue weighted by Crippen LogP contribution is 2.43. The van der Waals surface area contributed by atoms with Gasteiger partial charge in [0.05, 0.1) is 55.6 Å². The Morgan fingerprint density at radius 2 is 0.887 bits per heavy atom. The highest BCUT2D eigenvalue weighted by Gasteiger charge is 2.25. The number of para-hydroxylation sites is 4. The number of nitriles is 2. The molecule has 11 rings (SSSR count). The summed E-state index contributed by atoms with van der Waals surface area (Å²) in [6, 6.07) is 62.0. The van der Waals surface area contributed by atoms with Gasteiger partial charge in [0.15, 0.2) is 0 Å². The van der Waals surface area contributed by atoms with Crippen LogP contribution in [0.3, 0.4) is 0 Å². The molecule has 0 unspecified atom stereocenters. The maximum atomic E-state index is 10.9. The minimum Gasteiger partial charge on any atom is -0.309 e. The van der Waals surface area contributed by atoms with Crippen LogP contribution in [0.2, 0.25) is 0 Å². The molecule has 0 amide bonds. The summed E-state index contributed by atoms with van der Waals surface area (Å²) in [6.07, 6.45) is 0. The first-order valence-electron chi connectivity index (χ1n) is 17.7. The molecule has 0 saturated heterocycles. The molecule has 0 saturated carbocycles. The zero-order chi connectivity index (χ0) is 35.2. The van der Waals surface area contributed by atoms with Gasteiger partial charge in [-0.15, -0.1) is 0 Å². The van der Waals surface area contributed by atoms with E-state index in [9.17, 15) is 10.5 Å². The van der Waals surface area contributed by atoms with E-state index < -0.39 is 0 Å². The van der Waals surface area contributed by atoms with Crippen LogP contribution in [0.15, 0.2) is 164 Å². The molecule has 53 heavy (non-hydrogen) atoms. The third-order valence-corrected chi connectivity index (χ3v) is 10.9. The number of hydrogen-bond donors (Lipinski definition) is 0. The summed E-state index contributed by atoms with van der Waals surface area (Å²) < 4.78 is 6.82. The fourth-order valence-electron chi connectivity index (χ4n) is 8.73. The van der Waals surface area contributed by atoms with Crippen molar-refractivity contribution in [2.24, 2.45) is 0 Å². The number of rotatable bonds is 3. The van der Waals surface area contributed by atoms with E-state index in [0.717, 1.165) is 76.8 Å². The van der Waals surface area contributed by atoms with E-state index in [1.54, 1.807) is 6.07 Å². The number of aromatic nitrogens is 3. The van der Waals surface area contributed by atoms with E-state index in [1.165, 1.54) is 10.8 Å². The van der Waals surface area contributed by atoms with Crippen LogP contribution >= 0.6 is 0 Å². The van der Waals surface area contributed by atoms with Crippen molar-refractivity contribution in [2.75, 3.05) is 0 Å². The maximum absolute atomic E-state index is 10.9. The van der Waals surface area contributed by atoms with Gasteiger partial charge in [0.1, 0.15) is 12.1 Å². The Labute approximate surface area is 303 Å². The molecule has 0 atom stereocenters. The first kappa shape index (κ1) is 29.2. The van der Waals surface area contributed by atoms with Crippen LogP contribution < -0.4 is 0 Å². The van der Waals surface area contributed by atoms with Gasteiger partial charge in [0, 0.05) is 38.0 Å². The average molecular weight is 674 g/mol. The molecule has 0 radical (unpaired) electrons. The molecule has 11 aromatic rings. The van der Waals surface area contributed by atoms with Gasteiger partial charge in [-0.25, -0.2) is 0 Å². The molecule has 0 spiro atoms. The Balaban J connectivity index is 1.31. The third-order valence-electron chi connectivity index (χ3n) is 10.9. The number of nitrogens with zero attached hydrogens (tertiary/aromatic N) is 5. The second kappa shape index (κ2) is 10.9. The summed E-state index contributed by atoms with van der Waals surface area (Å²) in [5.41, 5.74) is 9.55. The van der Waals surface area contributed by atoms with Crippen molar-refractivity contribution >= 4 is 76.2 Å². The molecule has 0 N–H and O–H groups in total. The van der Waals surface area contributed by atoms with E-state index in [4.69, 9.17) is 0 Å². The van der Waals surface area contributed by atoms with Crippen LogP contribution in [-0.4, -0.2) is 13.7 Å². The Hall–Kier alpha value is -7.60. The first-order valence-corrected chi connectivity index (χ1v) is 17.7. The second-order valence-electron chi connectivity index (χ2n) is 13.5. The van der Waals surface area contributed by atoms with Crippen molar-refractivity contribution in [3.63, 3.8) is 0 Å². The van der Waals surface area contributed by atoms with Gasteiger partial charge in [-0.1, -0.05) is 103 Å². The minimum absolute atomic E-state index is 0.341. The minimum atomic E-state index is 0.341. The lowest BCUT2D eigenvalue weighted by atomic mass is 10.0. The Morgan fingerprint density at radius 3 is 1.47 bits per heavy atom. The quantitative estimate of drug-likeness (QED) is 0.187. The third kappa shape index (κ3) is 3.94. The lowest BCUT2D eigenvalue weighted by Crippen LogP contribution is -2.07. The van der Waals surface area contributed by atoms with E-state index in [2.05, 4.69) is 153 Å². The van der Waals surface area contributed by atoms with Crippen LogP contribution in [0.25, 0.3) is 93.3 Å². The second-order valence-corrected chi connectivity index (χ2v) is 13.5. The molecule has 0 fully saturated rings. The van der Waals surface area contributed by atoms with E-state index in [1.807, 2.05) is 30.3 Å².